The van der Waals surface area contributed by atoms with Gasteiger partial charge in [-0.15, -0.1) is 11.3 Å². The second-order valence-electron chi connectivity index (χ2n) is 4.44. The van der Waals surface area contributed by atoms with Gasteiger partial charge in [-0.3, -0.25) is 0 Å². The summed E-state index contributed by atoms with van der Waals surface area (Å²) in [5.74, 6) is 0.831. The van der Waals surface area contributed by atoms with Gasteiger partial charge in [0, 0.05) is 10.9 Å². The smallest absolute Gasteiger partial charge is 0.134 e. The fourth-order valence-electron chi connectivity index (χ4n) is 1.74. The summed E-state index contributed by atoms with van der Waals surface area (Å²) >= 11 is 10.9. The summed E-state index contributed by atoms with van der Waals surface area (Å²) < 4.78 is 7.50. The van der Waals surface area contributed by atoms with Crippen molar-refractivity contribution in [2.75, 3.05) is 0 Å². The summed E-state index contributed by atoms with van der Waals surface area (Å²) in [6.07, 6.45) is 0.861. The molecule has 0 amide bonds. The molecule has 1 unspecified atom stereocenters. The Hall–Kier alpha value is -0.550. The van der Waals surface area contributed by atoms with E-state index in [1.54, 1.807) is 0 Å². The van der Waals surface area contributed by atoms with Gasteiger partial charge in [-0.1, -0.05) is 17.7 Å². The number of nitrogens with two attached hydrogens (primary N) is 1. The Balaban J connectivity index is 2.00. The van der Waals surface area contributed by atoms with Crippen LogP contribution in [0, 0.1) is 0 Å². The maximum absolute atomic E-state index is 5.88. The van der Waals surface area contributed by atoms with E-state index in [1.807, 2.05) is 31.2 Å². The second kappa shape index (κ2) is 6.75. The Labute approximate surface area is 130 Å². The van der Waals surface area contributed by atoms with E-state index >= 15 is 0 Å². The molecule has 0 aliphatic carbocycles. The van der Waals surface area contributed by atoms with Crippen molar-refractivity contribution in [2.24, 2.45) is 5.73 Å². The molecule has 5 heteroatoms. The average Bonchev–Trinajstić information content (AvgIpc) is 2.73. The maximum atomic E-state index is 5.88. The molecule has 1 heterocycles. The van der Waals surface area contributed by atoms with Gasteiger partial charge in [0.2, 0.25) is 0 Å². The van der Waals surface area contributed by atoms with Gasteiger partial charge in [0.15, 0.2) is 0 Å². The topological polar surface area (TPSA) is 35.2 Å². The Kier molecular flexibility index (Phi) is 5.28. The molecular formula is C14H15BrClNOS. The molecule has 1 aromatic heterocycles. The number of hydrogen-bond acceptors (Lipinski definition) is 3. The first-order chi connectivity index (χ1) is 9.04. The standard InChI is InChI=1S/C14H15BrClNOS/c1-9(17)6-10-2-4-13(12(15)7-10)18-8-11-3-5-14(16)19-11/h2-5,7,9H,6,8,17H2,1H3. The van der Waals surface area contributed by atoms with Crippen molar-refractivity contribution in [3.63, 3.8) is 0 Å². The van der Waals surface area contributed by atoms with E-state index in [-0.39, 0.29) is 6.04 Å². The van der Waals surface area contributed by atoms with Crippen LogP contribution in [0.15, 0.2) is 34.8 Å². The van der Waals surface area contributed by atoms with E-state index in [4.69, 9.17) is 22.1 Å². The van der Waals surface area contributed by atoms with Gasteiger partial charge in [0.05, 0.1) is 8.81 Å². The van der Waals surface area contributed by atoms with E-state index in [0.29, 0.717) is 6.61 Å². The predicted molar refractivity (Wildman–Crippen MR) is 85.2 cm³/mol. The number of halogens is 2. The van der Waals surface area contributed by atoms with Crippen molar-refractivity contribution in [3.8, 4) is 5.75 Å². The van der Waals surface area contributed by atoms with Crippen molar-refractivity contribution in [1.82, 2.24) is 0 Å². The molecule has 2 N–H and O–H groups in total. The lowest BCUT2D eigenvalue weighted by Crippen LogP contribution is -2.17. The monoisotopic (exact) mass is 359 g/mol. The van der Waals surface area contributed by atoms with Crippen LogP contribution in [0.1, 0.15) is 17.4 Å². The molecule has 0 fully saturated rings. The minimum atomic E-state index is 0.159. The highest BCUT2D eigenvalue weighted by atomic mass is 79.9. The molecule has 0 saturated heterocycles. The molecule has 1 atom stereocenters. The summed E-state index contributed by atoms with van der Waals surface area (Å²) in [5, 5.41) is 0. The summed E-state index contributed by atoms with van der Waals surface area (Å²) in [4.78, 5) is 1.11. The van der Waals surface area contributed by atoms with Gasteiger partial charge in [-0.2, -0.15) is 0 Å². The summed E-state index contributed by atoms with van der Waals surface area (Å²) in [5.41, 5.74) is 6.99. The molecule has 0 aliphatic rings. The van der Waals surface area contributed by atoms with E-state index in [0.717, 1.165) is 25.9 Å². The van der Waals surface area contributed by atoms with Crippen LogP contribution in [-0.4, -0.2) is 6.04 Å². The molecule has 0 aliphatic heterocycles. The van der Waals surface area contributed by atoms with Gasteiger partial charge in [-0.05, 0) is 59.1 Å². The lowest BCUT2D eigenvalue weighted by Gasteiger charge is -2.10. The molecule has 0 radical (unpaired) electrons. The zero-order valence-corrected chi connectivity index (χ0v) is 13.7. The highest BCUT2D eigenvalue weighted by Gasteiger charge is 2.06. The molecule has 19 heavy (non-hydrogen) atoms. The van der Waals surface area contributed by atoms with Crippen molar-refractivity contribution < 1.29 is 4.74 Å². The zero-order chi connectivity index (χ0) is 13.8. The fraction of sp³-hybridized carbons (Fsp3) is 0.286. The summed E-state index contributed by atoms with van der Waals surface area (Å²) in [6.45, 7) is 2.53. The van der Waals surface area contributed by atoms with Crippen LogP contribution in [0.4, 0.5) is 0 Å². The highest BCUT2D eigenvalue weighted by molar-refractivity contribution is 9.10. The van der Waals surface area contributed by atoms with Gasteiger partial charge in [-0.25, -0.2) is 0 Å². The van der Waals surface area contributed by atoms with Crippen LogP contribution in [0.5, 0.6) is 5.75 Å². The Bertz CT molecular complexity index is 556. The van der Waals surface area contributed by atoms with Crippen molar-refractivity contribution in [1.29, 1.82) is 0 Å². The Morgan fingerprint density at radius 3 is 2.74 bits per heavy atom. The highest BCUT2D eigenvalue weighted by Crippen LogP contribution is 2.28. The molecule has 2 nitrogen and oxygen atoms in total. The molecule has 2 aromatic rings. The first-order valence-electron chi connectivity index (χ1n) is 5.95. The van der Waals surface area contributed by atoms with Gasteiger partial charge in [0.25, 0.3) is 0 Å². The molecule has 2 rings (SSSR count). The van der Waals surface area contributed by atoms with Gasteiger partial charge < -0.3 is 10.5 Å². The number of benzene rings is 1. The van der Waals surface area contributed by atoms with Crippen LogP contribution in [0.25, 0.3) is 0 Å². The maximum Gasteiger partial charge on any atom is 0.134 e. The minimum absolute atomic E-state index is 0.159. The zero-order valence-electron chi connectivity index (χ0n) is 10.5. The van der Waals surface area contributed by atoms with E-state index in [2.05, 4.69) is 22.0 Å². The Morgan fingerprint density at radius 2 is 2.16 bits per heavy atom. The van der Waals surface area contributed by atoms with E-state index in [1.165, 1.54) is 16.9 Å². The van der Waals surface area contributed by atoms with Gasteiger partial charge in [0.1, 0.15) is 12.4 Å². The largest absolute Gasteiger partial charge is 0.487 e. The van der Waals surface area contributed by atoms with Crippen molar-refractivity contribution in [2.45, 2.75) is 26.0 Å². The SMILES string of the molecule is CC(N)Cc1ccc(OCc2ccc(Cl)s2)c(Br)c1. The van der Waals surface area contributed by atoms with Crippen LogP contribution < -0.4 is 10.5 Å². The van der Waals surface area contributed by atoms with Crippen LogP contribution in [-0.2, 0) is 13.0 Å². The molecular weight excluding hydrogens is 346 g/mol. The van der Waals surface area contributed by atoms with E-state index in [9.17, 15) is 0 Å². The average molecular weight is 361 g/mol. The minimum Gasteiger partial charge on any atom is -0.487 e. The first-order valence-corrected chi connectivity index (χ1v) is 7.94. The lowest BCUT2D eigenvalue weighted by molar-refractivity contribution is 0.307. The van der Waals surface area contributed by atoms with Crippen LogP contribution in [0.2, 0.25) is 4.34 Å². The number of ether oxygens (including phenoxy) is 1. The third-order valence-corrected chi connectivity index (χ3v) is 4.38. The molecule has 0 saturated carbocycles. The second-order valence-corrected chi connectivity index (χ2v) is 7.09. The normalized spacial score (nSPS) is 12.4. The third kappa shape index (κ3) is 4.49. The third-order valence-electron chi connectivity index (χ3n) is 2.55. The fourth-order valence-corrected chi connectivity index (χ4v) is 3.28. The number of hydrogen-bond donors (Lipinski definition) is 1. The molecule has 0 spiro atoms. The summed E-state index contributed by atoms with van der Waals surface area (Å²) in [7, 11) is 0. The predicted octanol–water partition coefficient (Wildman–Crippen LogP) is 4.63. The van der Waals surface area contributed by atoms with Crippen LogP contribution in [0.3, 0.4) is 0 Å². The van der Waals surface area contributed by atoms with Crippen LogP contribution >= 0.6 is 38.9 Å². The van der Waals surface area contributed by atoms with E-state index < -0.39 is 0 Å². The lowest BCUT2D eigenvalue weighted by atomic mass is 10.1. The molecule has 0 bridgehead atoms. The first kappa shape index (κ1) is 14.9. The number of rotatable bonds is 5. The summed E-state index contributed by atoms with van der Waals surface area (Å²) in [6, 6.07) is 10.1. The number of thiophene rings is 1. The van der Waals surface area contributed by atoms with Crippen molar-refractivity contribution >= 4 is 38.9 Å². The molecule has 102 valence electrons. The quantitative estimate of drug-likeness (QED) is 0.843. The van der Waals surface area contributed by atoms with Crippen molar-refractivity contribution in [3.05, 3.63) is 49.6 Å². The molecule has 1 aromatic carbocycles. The Morgan fingerprint density at radius 1 is 1.37 bits per heavy atom. The van der Waals surface area contributed by atoms with Gasteiger partial charge >= 0.3 is 0 Å².